The molecule has 0 bridgehead atoms. The molecule has 96 valence electrons. The second-order valence-corrected chi connectivity index (χ2v) is 3.67. The minimum absolute atomic E-state index is 0.168. The first-order valence-corrected chi connectivity index (χ1v) is 5.31. The van der Waals surface area contributed by atoms with Crippen molar-refractivity contribution in [1.82, 2.24) is 15.2 Å². The summed E-state index contributed by atoms with van der Waals surface area (Å²) in [6.07, 6.45) is 0. The summed E-state index contributed by atoms with van der Waals surface area (Å²) in [5.74, 6) is 1.92. The average molecular weight is 249 g/mol. The third-order valence-electron chi connectivity index (χ3n) is 2.58. The van der Waals surface area contributed by atoms with Crippen LogP contribution in [-0.4, -0.2) is 29.4 Å². The molecule has 0 aliphatic carbocycles. The van der Waals surface area contributed by atoms with Crippen molar-refractivity contribution in [3.8, 4) is 11.5 Å². The van der Waals surface area contributed by atoms with Gasteiger partial charge in [0.2, 0.25) is 5.95 Å². The van der Waals surface area contributed by atoms with Gasteiger partial charge in [-0.3, -0.25) is 5.10 Å². The number of nitrogen functional groups attached to an aromatic ring is 1. The molecular weight excluding hydrogens is 234 g/mol. The Balaban J connectivity index is 2.33. The summed E-state index contributed by atoms with van der Waals surface area (Å²) in [6, 6.07) is 4.97. The lowest BCUT2D eigenvalue weighted by Gasteiger charge is -2.12. The summed E-state index contributed by atoms with van der Waals surface area (Å²) >= 11 is 0. The van der Waals surface area contributed by atoms with Gasteiger partial charge in [0.25, 0.3) is 0 Å². The Morgan fingerprint density at radius 3 is 2.50 bits per heavy atom. The van der Waals surface area contributed by atoms with Crippen LogP contribution in [0.3, 0.4) is 0 Å². The third kappa shape index (κ3) is 2.21. The topological polar surface area (TPSA) is 112 Å². The van der Waals surface area contributed by atoms with Crippen LogP contribution in [0.15, 0.2) is 18.2 Å². The van der Waals surface area contributed by atoms with Crippen LogP contribution in [0.4, 0.5) is 5.95 Å². The Kier molecular flexibility index (Phi) is 3.33. The smallest absolute Gasteiger partial charge is 0.239 e. The van der Waals surface area contributed by atoms with Crippen LogP contribution < -0.4 is 20.9 Å². The Morgan fingerprint density at radius 1 is 1.22 bits per heavy atom. The molecule has 0 unspecified atom stereocenters. The zero-order valence-electron chi connectivity index (χ0n) is 10.2. The molecule has 0 spiro atoms. The number of hydrogen-bond donors (Lipinski definition) is 3. The van der Waals surface area contributed by atoms with Crippen molar-refractivity contribution in [2.75, 3.05) is 20.0 Å². The molecule has 0 saturated heterocycles. The van der Waals surface area contributed by atoms with Crippen LogP contribution in [0, 0.1) is 0 Å². The first-order valence-electron chi connectivity index (χ1n) is 5.31. The zero-order valence-corrected chi connectivity index (χ0v) is 10.2. The summed E-state index contributed by atoms with van der Waals surface area (Å²) in [7, 11) is 3.15. The second-order valence-electron chi connectivity index (χ2n) is 3.67. The lowest BCUT2D eigenvalue weighted by Crippen LogP contribution is -2.14. The lowest BCUT2D eigenvalue weighted by molar-refractivity contribution is 0.354. The number of rotatable bonds is 4. The maximum absolute atomic E-state index is 6.06. The van der Waals surface area contributed by atoms with Crippen molar-refractivity contribution in [2.24, 2.45) is 5.73 Å². The lowest BCUT2D eigenvalue weighted by atomic mass is 10.1. The molecule has 18 heavy (non-hydrogen) atoms. The highest BCUT2D eigenvalue weighted by atomic mass is 16.5. The number of anilines is 1. The Morgan fingerprint density at radius 2 is 1.94 bits per heavy atom. The molecule has 1 aromatic carbocycles. The standard InChI is InChI=1S/C11H15N5O2/c1-17-7-4-3-6(5-8(7)18-2)9(12)10-14-11(13)16-15-10/h3-5,9H,12H2,1-2H3,(H3,13,14,15,16)/t9-/m1/s1. The van der Waals surface area contributed by atoms with Crippen molar-refractivity contribution in [3.63, 3.8) is 0 Å². The molecule has 0 aliphatic heterocycles. The SMILES string of the molecule is COc1ccc([C@@H](N)c2nc(N)n[nH]2)cc1OC. The number of nitrogens with zero attached hydrogens (tertiary/aromatic N) is 2. The Bertz CT molecular complexity index is 540. The van der Waals surface area contributed by atoms with Crippen LogP contribution >= 0.6 is 0 Å². The number of H-pyrrole nitrogens is 1. The highest BCUT2D eigenvalue weighted by Gasteiger charge is 2.15. The number of methoxy groups -OCH3 is 2. The molecule has 7 nitrogen and oxygen atoms in total. The number of aromatic nitrogens is 3. The molecule has 2 rings (SSSR count). The minimum Gasteiger partial charge on any atom is -0.493 e. The summed E-state index contributed by atoms with van der Waals surface area (Å²) in [6.45, 7) is 0. The molecule has 1 heterocycles. The van der Waals surface area contributed by atoms with Gasteiger partial charge in [-0.2, -0.15) is 4.98 Å². The quantitative estimate of drug-likeness (QED) is 0.725. The maximum Gasteiger partial charge on any atom is 0.239 e. The predicted octanol–water partition coefficient (Wildman–Crippen LogP) is 0.452. The van der Waals surface area contributed by atoms with Crippen LogP contribution in [-0.2, 0) is 0 Å². The van der Waals surface area contributed by atoms with E-state index in [9.17, 15) is 0 Å². The molecule has 1 atom stereocenters. The fraction of sp³-hybridized carbons (Fsp3) is 0.273. The molecule has 7 heteroatoms. The van der Waals surface area contributed by atoms with Crippen LogP contribution in [0.25, 0.3) is 0 Å². The van der Waals surface area contributed by atoms with Gasteiger partial charge in [0.05, 0.1) is 20.3 Å². The second kappa shape index (κ2) is 4.92. The Labute approximate surface area is 104 Å². The van der Waals surface area contributed by atoms with Crippen molar-refractivity contribution < 1.29 is 9.47 Å². The number of benzene rings is 1. The maximum atomic E-state index is 6.06. The fourth-order valence-electron chi connectivity index (χ4n) is 1.63. The van der Waals surface area contributed by atoms with E-state index >= 15 is 0 Å². The molecular formula is C11H15N5O2. The molecule has 0 amide bonds. The minimum atomic E-state index is -0.449. The normalized spacial score (nSPS) is 12.2. The van der Waals surface area contributed by atoms with E-state index in [1.54, 1.807) is 26.4 Å². The van der Waals surface area contributed by atoms with Gasteiger partial charge in [-0.05, 0) is 17.7 Å². The summed E-state index contributed by atoms with van der Waals surface area (Å²) in [5.41, 5.74) is 12.3. The summed E-state index contributed by atoms with van der Waals surface area (Å²) in [5, 5.41) is 6.43. The van der Waals surface area contributed by atoms with E-state index in [-0.39, 0.29) is 5.95 Å². The molecule has 1 aromatic heterocycles. The molecule has 5 N–H and O–H groups in total. The highest BCUT2D eigenvalue weighted by Crippen LogP contribution is 2.30. The molecule has 2 aromatic rings. The van der Waals surface area contributed by atoms with Crippen LogP contribution in [0.1, 0.15) is 17.4 Å². The van der Waals surface area contributed by atoms with E-state index in [0.29, 0.717) is 17.3 Å². The highest BCUT2D eigenvalue weighted by molar-refractivity contribution is 5.44. The number of ether oxygens (including phenoxy) is 2. The molecule has 0 aliphatic rings. The number of nitrogens with two attached hydrogens (primary N) is 2. The van der Waals surface area contributed by atoms with E-state index < -0.39 is 6.04 Å². The monoisotopic (exact) mass is 249 g/mol. The Hall–Kier alpha value is -2.28. The van der Waals surface area contributed by atoms with Gasteiger partial charge < -0.3 is 20.9 Å². The zero-order chi connectivity index (χ0) is 13.1. The largest absolute Gasteiger partial charge is 0.493 e. The van der Waals surface area contributed by atoms with Gasteiger partial charge in [-0.15, -0.1) is 5.10 Å². The average Bonchev–Trinajstić information content (AvgIpc) is 2.83. The van der Waals surface area contributed by atoms with Crippen LogP contribution in [0.5, 0.6) is 11.5 Å². The van der Waals surface area contributed by atoms with Crippen molar-refractivity contribution in [1.29, 1.82) is 0 Å². The van der Waals surface area contributed by atoms with Gasteiger partial charge in [0.1, 0.15) is 5.82 Å². The van der Waals surface area contributed by atoms with E-state index in [1.807, 2.05) is 6.07 Å². The van der Waals surface area contributed by atoms with E-state index in [1.165, 1.54) is 0 Å². The first-order chi connectivity index (χ1) is 8.65. The van der Waals surface area contributed by atoms with Crippen molar-refractivity contribution >= 4 is 5.95 Å². The predicted molar refractivity (Wildman–Crippen MR) is 66.4 cm³/mol. The molecule has 0 radical (unpaired) electrons. The molecule has 0 saturated carbocycles. The van der Waals surface area contributed by atoms with E-state index in [4.69, 9.17) is 20.9 Å². The van der Waals surface area contributed by atoms with Gasteiger partial charge in [0, 0.05) is 0 Å². The van der Waals surface area contributed by atoms with E-state index in [2.05, 4.69) is 15.2 Å². The van der Waals surface area contributed by atoms with Gasteiger partial charge >= 0.3 is 0 Å². The number of nitrogens with one attached hydrogen (secondary N) is 1. The molecule has 0 fully saturated rings. The van der Waals surface area contributed by atoms with Gasteiger partial charge in [-0.25, -0.2) is 0 Å². The van der Waals surface area contributed by atoms with E-state index in [0.717, 1.165) is 5.56 Å². The van der Waals surface area contributed by atoms with Crippen molar-refractivity contribution in [3.05, 3.63) is 29.6 Å². The first kappa shape index (κ1) is 12.2. The fourth-order valence-corrected chi connectivity index (χ4v) is 1.63. The summed E-state index contributed by atoms with van der Waals surface area (Å²) < 4.78 is 10.4. The van der Waals surface area contributed by atoms with Gasteiger partial charge in [-0.1, -0.05) is 6.07 Å². The van der Waals surface area contributed by atoms with Crippen molar-refractivity contribution in [2.45, 2.75) is 6.04 Å². The van der Waals surface area contributed by atoms with Crippen LogP contribution in [0.2, 0.25) is 0 Å². The number of aromatic amines is 1. The third-order valence-corrected chi connectivity index (χ3v) is 2.58. The summed E-state index contributed by atoms with van der Waals surface area (Å²) in [4.78, 5) is 4.00. The number of hydrogen-bond acceptors (Lipinski definition) is 6. The van der Waals surface area contributed by atoms with Gasteiger partial charge in [0.15, 0.2) is 11.5 Å².